The van der Waals surface area contributed by atoms with E-state index in [2.05, 4.69) is 32.7 Å². The van der Waals surface area contributed by atoms with Gasteiger partial charge in [0.2, 0.25) is 0 Å². The standard InChI is InChI=1S/C24H29N7O2.C2H6/c1-15-7-9-31(10-8-25-15)21-6-5-17(23-18(21)14-30(3)28-23)24(32)26-20-11-16-13-29(2)27-19(16)12-22(20)33-4;1-2/h5-6,11-15,25H,7-10H2,1-4H3,(H,26,32);1-2H3. The van der Waals surface area contributed by atoms with E-state index in [4.69, 9.17) is 4.74 Å². The Morgan fingerprint density at radius 2 is 1.89 bits per heavy atom. The van der Waals surface area contributed by atoms with Crippen LogP contribution in [0.5, 0.6) is 5.75 Å². The Morgan fingerprint density at radius 3 is 2.66 bits per heavy atom. The highest BCUT2D eigenvalue weighted by Crippen LogP contribution is 2.33. The van der Waals surface area contributed by atoms with E-state index in [0.29, 0.717) is 28.6 Å². The number of hydrogen-bond acceptors (Lipinski definition) is 6. The molecule has 1 unspecified atom stereocenters. The van der Waals surface area contributed by atoms with Gasteiger partial charge in [0.25, 0.3) is 5.91 Å². The van der Waals surface area contributed by atoms with Crippen molar-refractivity contribution >= 4 is 39.1 Å². The van der Waals surface area contributed by atoms with Gasteiger partial charge in [-0.05, 0) is 31.5 Å². The maximum absolute atomic E-state index is 13.4. The number of fused-ring (bicyclic) bond motifs is 2. The van der Waals surface area contributed by atoms with Crippen LogP contribution in [0, 0.1) is 0 Å². The fourth-order valence-corrected chi connectivity index (χ4v) is 4.55. The van der Waals surface area contributed by atoms with Crippen LogP contribution in [-0.2, 0) is 14.1 Å². The van der Waals surface area contributed by atoms with E-state index < -0.39 is 0 Å². The van der Waals surface area contributed by atoms with Crippen LogP contribution in [-0.4, -0.2) is 58.3 Å². The van der Waals surface area contributed by atoms with E-state index in [9.17, 15) is 4.79 Å². The molecule has 186 valence electrons. The average molecular weight is 478 g/mol. The fourth-order valence-electron chi connectivity index (χ4n) is 4.55. The van der Waals surface area contributed by atoms with E-state index in [1.54, 1.807) is 16.5 Å². The molecule has 3 heterocycles. The highest BCUT2D eigenvalue weighted by atomic mass is 16.5. The zero-order valence-electron chi connectivity index (χ0n) is 21.4. The smallest absolute Gasteiger partial charge is 0.258 e. The molecule has 2 aromatic carbocycles. The number of carbonyl (C=O) groups excluding carboxylic acids is 1. The molecule has 1 aliphatic heterocycles. The van der Waals surface area contributed by atoms with Gasteiger partial charge in [-0.2, -0.15) is 10.2 Å². The van der Waals surface area contributed by atoms with Gasteiger partial charge in [0, 0.05) is 74.7 Å². The molecular formula is C26H35N7O2. The van der Waals surface area contributed by atoms with Crippen LogP contribution in [0.15, 0.2) is 36.7 Å². The first-order chi connectivity index (χ1) is 16.9. The van der Waals surface area contributed by atoms with Crippen LogP contribution < -0.4 is 20.3 Å². The van der Waals surface area contributed by atoms with Gasteiger partial charge >= 0.3 is 0 Å². The zero-order valence-corrected chi connectivity index (χ0v) is 21.4. The quantitative estimate of drug-likeness (QED) is 0.463. The second kappa shape index (κ2) is 10.4. The zero-order chi connectivity index (χ0) is 25.1. The van der Waals surface area contributed by atoms with Crippen LogP contribution in [0.4, 0.5) is 11.4 Å². The summed E-state index contributed by atoms with van der Waals surface area (Å²) in [4.78, 5) is 15.7. The molecule has 5 rings (SSSR count). The number of methoxy groups -OCH3 is 1. The Hall–Kier alpha value is -3.59. The number of amides is 1. The van der Waals surface area contributed by atoms with Gasteiger partial charge < -0.3 is 20.3 Å². The molecule has 1 amide bonds. The topological polar surface area (TPSA) is 89.2 Å². The highest BCUT2D eigenvalue weighted by molar-refractivity contribution is 6.14. The van der Waals surface area contributed by atoms with Crippen molar-refractivity contribution < 1.29 is 9.53 Å². The van der Waals surface area contributed by atoms with Crippen molar-refractivity contribution in [3.05, 3.63) is 42.2 Å². The average Bonchev–Trinajstić information content (AvgIpc) is 3.34. The predicted molar refractivity (Wildman–Crippen MR) is 142 cm³/mol. The minimum absolute atomic E-state index is 0.224. The molecule has 9 nitrogen and oxygen atoms in total. The third kappa shape index (κ3) is 4.95. The fraction of sp³-hybridized carbons (Fsp3) is 0.423. The maximum Gasteiger partial charge on any atom is 0.258 e. The molecule has 35 heavy (non-hydrogen) atoms. The van der Waals surface area contributed by atoms with E-state index >= 15 is 0 Å². The lowest BCUT2D eigenvalue weighted by Crippen LogP contribution is -2.29. The third-order valence-electron chi connectivity index (χ3n) is 6.25. The van der Waals surface area contributed by atoms with Crippen LogP contribution in [0.1, 0.15) is 37.6 Å². The van der Waals surface area contributed by atoms with Crippen LogP contribution in [0.2, 0.25) is 0 Å². The van der Waals surface area contributed by atoms with Gasteiger partial charge in [-0.15, -0.1) is 0 Å². The SMILES string of the molecule is CC.COc1cc2nn(C)cc2cc1NC(=O)c1ccc(N2CCNC(C)CC2)c2cn(C)nc12. The lowest BCUT2D eigenvalue weighted by molar-refractivity contribution is 0.102. The number of aromatic nitrogens is 4. The summed E-state index contributed by atoms with van der Waals surface area (Å²) in [7, 11) is 5.34. The Morgan fingerprint density at radius 1 is 1.11 bits per heavy atom. The summed E-state index contributed by atoms with van der Waals surface area (Å²) in [5.41, 5.74) is 3.75. The van der Waals surface area contributed by atoms with Crippen molar-refractivity contribution in [1.29, 1.82) is 0 Å². The van der Waals surface area contributed by atoms with Crippen molar-refractivity contribution in [2.45, 2.75) is 33.2 Å². The molecule has 1 fully saturated rings. The molecular weight excluding hydrogens is 442 g/mol. The highest BCUT2D eigenvalue weighted by Gasteiger charge is 2.21. The molecule has 1 aliphatic rings. The first-order valence-corrected chi connectivity index (χ1v) is 12.2. The lowest BCUT2D eigenvalue weighted by atomic mass is 10.1. The molecule has 2 aromatic heterocycles. The van der Waals surface area contributed by atoms with Crippen molar-refractivity contribution in [3.8, 4) is 5.75 Å². The van der Waals surface area contributed by atoms with Gasteiger partial charge in [-0.25, -0.2) is 0 Å². The van der Waals surface area contributed by atoms with Gasteiger partial charge in [-0.3, -0.25) is 14.2 Å². The number of anilines is 2. The van der Waals surface area contributed by atoms with E-state index in [0.717, 1.165) is 48.0 Å². The number of hydrogen-bond donors (Lipinski definition) is 2. The van der Waals surface area contributed by atoms with Crippen molar-refractivity contribution in [1.82, 2.24) is 24.9 Å². The summed E-state index contributed by atoms with van der Waals surface area (Å²) < 4.78 is 9.02. The maximum atomic E-state index is 13.4. The number of carbonyl (C=O) groups is 1. The van der Waals surface area contributed by atoms with Crippen molar-refractivity contribution in [2.24, 2.45) is 14.1 Å². The minimum Gasteiger partial charge on any atom is -0.494 e. The van der Waals surface area contributed by atoms with Gasteiger partial charge in [-0.1, -0.05) is 13.8 Å². The summed E-state index contributed by atoms with van der Waals surface area (Å²) >= 11 is 0. The second-order valence-corrected chi connectivity index (χ2v) is 8.70. The Bertz CT molecular complexity index is 1340. The van der Waals surface area contributed by atoms with E-state index in [1.165, 1.54) is 0 Å². The summed E-state index contributed by atoms with van der Waals surface area (Å²) in [6, 6.07) is 8.12. The summed E-state index contributed by atoms with van der Waals surface area (Å²) in [5.74, 6) is 0.340. The molecule has 1 saturated heterocycles. The number of rotatable bonds is 4. The Kier molecular flexibility index (Phi) is 7.25. The Balaban J connectivity index is 0.00000141. The summed E-state index contributed by atoms with van der Waals surface area (Å²) in [5, 5.41) is 17.5. The number of nitrogens with one attached hydrogen (secondary N) is 2. The molecule has 2 N–H and O–H groups in total. The number of nitrogens with zero attached hydrogens (tertiary/aromatic N) is 5. The predicted octanol–water partition coefficient (Wildman–Crippen LogP) is 3.94. The number of aryl methyl sites for hydroxylation is 2. The molecule has 0 radical (unpaired) electrons. The van der Waals surface area contributed by atoms with E-state index in [-0.39, 0.29) is 5.91 Å². The molecule has 0 saturated carbocycles. The first-order valence-electron chi connectivity index (χ1n) is 12.2. The number of benzene rings is 2. The second-order valence-electron chi connectivity index (χ2n) is 8.70. The molecule has 0 bridgehead atoms. The molecule has 0 aliphatic carbocycles. The number of ether oxygens (including phenoxy) is 1. The van der Waals surface area contributed by atoms with Gasteiger partial charge in [0.15, 0.2) is 0 Å². The van der Waals surface area contributed by atoms with Crippen LogP contribution in [0.25, 0.3) is 21.8 Å². The largest absolute Gasteiger partial charge is 0.494 e. The van der Waals surface area contributed by atoms with Crippen LogP contribution in [0.3, 0.4) is 0 Å². The van der Waals surface area contributed by atoms with Crippen molar-refractivity contribution in [2.75, 3.05) is 37.0 Å². The third-order valence-corrected chi connectivity index (χ3v) is 6.25. The summed E-state index contributed by atoms with van der Waals surface area (Å²) in [6.07, 6.45) is 4.97. The summed E-state index contributed by atoms with van der Waals surface area (Å²) in [6.45, 7) is 9.03. The lowest BCUT2D eigenvalue weighted by Gasteiger charge is -2.23. The van der Waals surface area contributed by atoms with Gasteiger partial charge in [0.1, 0.15) is 11.3 Å². The Labute approximate surface area is 206 Å². The molecule has 4 aromatic rings. The molecule has 0 spiro atoms. The van der Waals surface area contributed by atoms with E-state index in [1.807, 2.05) is 64.6 Å². The molecule has 1 atom stereocenters. The van der Waals surface area contributed by atoms with Gasteiger partial charge in [0.05, 0.1) is 23.9 Å². The molecule has 9 heteroatoms. The van der Waals surface area contributed by atoms with Crippen molar-refractivity contribution in [3.63, 3.8) is 0 Å². The van der Waals surface area contributed by atoms with Crippen LogP contribution >= 0.6 is 0 Å². The normalized spacial score (nSPS) is 16.1. The first kappa shape index (κ1) is 24.5. The monoisotopic (exact) mass is 477 g/mol. The minimum atomic E-state index is -0.224.